The van der Waals surface area contributed by atoms with E-state index in [0.717, 1.165) is 5.69 Å². The van der Waals surface area contributed by atoms with E-state index in [4.69, 9.17) is 0 Å². The fraction of sp³-hybridized carbons (Fsp3) is 0.455. The number of hydrogen-bond donors (Lipinski definition) is 0. The van der Waals surface area contributed by atoms with Gasteiger partial charge in [0.2, 0.25) is 5.82 Å². The molecule has 0 saturated heterocycles. The summed E-state index contributed by atoms with van der Waals surface area (Å²) in [6.45, 7) is 5.60. The third kappa shape index (κ3) is 1.87. The van der Waals surface area contributed by atoms with Crippen LogP contribution in [0.25, 0.3) is 5.82 Å². The fourth-order valence-electron chi connectivity index (χ4n) is 1.88. The summed E-state index contributed by atoms with van der Waals surface area (Å²) < 4.78 is 2.99. The molecule has 2 aromatic heterocycles. The predicted octanol–water partition coefficient (Wildman–Crippen LogP) is 1.95. The SMILES string of the molecule is Cc1ccn(-c2c([N+](=O)[O-])c(C(C)C)nn2C)n1. The molecule has 0 atom stereocenters. The van der Waals surface area contributed by atoms with Crippen molar-refractivity contribution in [3.8, 4) is 5.82 Å². The Balaban J connectivity index is 2.70. The molecule has 7 heteroatoms. The number of hydrogen-bond acceptors (Lipinski definition) is 4. The van der Waals surface area contributed by atoms with Crippen LogP contribution in [0.3, 0.4) is 0 Å². The van der Waals surface area contributed by atoms with Gasteiger partial charge in [0.25, 0.3) is 0 Å². The summed E-state index contributed by atoms with van der Waals surface area (Å²) in [6, 6.07) is 1.80. The van der Waals surface area contributed by atoms with Crippen LogP contribution in [0, 0.1) is 17.0 Å². The second-order valence-corrected chi connectivity index (χ2v) is 4.49. The zero-order valence-corrected chi connectivity index (χ0v) is 10.8. The lowest BCUT2D eigenvalue weighted by atomic mass is 10.1. The van der Waals surface area contributed by atoms with Crippen molar-refractivity contribution in [2.24, 2.45) is 7.05 Å². The monoisotopic (exact) mass is 249 g/mol. The lowest BCUT2D eigenvalue weighted by Gasteiger charge is -2.01. The van der Waals surface area contributed by atoms with Gasteiger partial charge in [-0.25, -0.2) is 9.36 Å². The maximum atomic E-state index is 11.3. The molecular weight excluding hydrogens is 234 g/mol. The molecule has 2 rings (SSSR count). The molecule has 96 valence electrons. The molecule has 0 N–H and O–H groups in total. The first kappa shape index (κ1) is 12.3. The Labute approximate surface area is 104 Å². The van der Waals surface area contributed by atoms with Crippen LogP contribution in [-0.2, 0) is 7.05 Å². The van der Waals surface area contributed by atoms with Crippen molar-refractivity contribution in [3.63, 3.8) is 0 Å². The van der Waals surface area contributed by atoms with Crippen LogP contribution < -0.4 is 0 Å². The van der Waals surface area contributed by atoms with Gasteiger partial charge in [-0.05, 0) is 13.0 Å². The minimum absolute atomic E-state index is 0.0120. The van der Waals surface area contributed by atoms with E-state index in [2.05, 4.69) is 10.2 Å². The van der Waals surface area contributed by atoms with E-state index in [1.807, 2.05) is 20.8 Å². The molecule has 18 heavy (non-hydrogen) atoms. The first-order valence-corrected chi connectivity index (χ1v) is 5.65. The Morgan fingerprint density at radius 3 is 2.50 bits per heavy atom. The van der Waals surface area contributed by atoms with Gasteiger partial charge in [-0.1, -0.05) is 13.8 Å². The van der Waals surface area contributed by atoms with Gasteiger partial charge in [-0.2, -0.15) is 10.2 Å². The second-order valence-electron chi connectivity index (χ2n) is 4.49. The van der Waals surface area contributed by atoms with Gasteiger partial charge in [-0.3, -0.25) is 10.1 Å². The lowest BCUT2D eigenvalue weighted by molar-refractivity contribution is -0.385. The van der Waals surface area contributed by atoms with Crippen LogP contribution in [0.1, 0.15) is 31.2 Å². The third-order valence-corrected chi connectivity index (χ3v) is 2.69. The van der Waals surface area contributed by atoms with E-state index in [-0.39, 0.29) is 11.6 Å². The average Bonchev–Trinajstić information content (AvgIpc) is 2.81. The minimum atomic E-state index is -0.394. The summed E-state index contributed by atoms with van der Waals surface area (Å²) in [6.07, 6.45) is 1.70. The molecular formula is C11H15N5O2. The van der Waals surface area contributed by atoms with E-state index >= 15 is 0 Å². The van der Waals surface area contributed by atoms with Crippen molar-refractivity contribution in [3.05, 3.63) is 33.8 Å². The number of rotatable bonds is 3. The Morgan fingerprint density at radius 1 is 1.39 bits per heavy atom. The molecule has 0 aromatic carbocycles. The van der Waals surface area contributed by atoms with E-state index in [1.165, 1.54) is 9.36 Å². The van der Waals surface area contributed by atoms with E-state index in [0.29, 0.717) is 11.5 Å². The van der Waals surface area contributed by atoms with Crippen molar-refractivity contribution in [2.75, 3.05) is 0 Å². The molecule has 0 aliphatic rings. The Bertz CT molecular complexity index is 597. The highest BCUT2D eigenvalue weighted by molar-refractivity contribution is 5.52. The summed E-state index contributed by atoms with van der Waals surface area (Å²) in [4.78, 5) is 10.9. The van der Waals surface area contributed by atoms with Gasteiger partial charge in [0.15, 0.2) is 0 Å². The van der Waals surface area contributed by atoms with E-state index in [1.54, 1.807) is 19.3 Å². The standard InChI is InChI=1S/C11H15N5O2/c1-7(2)9-10(16(17)18)11(14(4)13-9)15-6-5-8(3)12-15/h5-7H,1-4H3. The van der Waals surface area contributed by atoms with Gasteiger partial charge in [-0.15, -0.1) is 0 Å². The van der Waals surface area contributed by atoms with E-state index < -0.39 is 4.92 Å². The molecule has 0 amide bonds. The highest BCUT2D eigenvalue weighted by Crippen LogP contribution is 2.31. The molecule has 0 spiro atoms. The Morgan fingerprint density at radius 2 is 2.06 bits per heavy atom. The summed E-state index contributed by atoms with van der Waals surface area (Å²) in [7, 11) is 1.69. The molecule has 0 saturated carbocycles. The highest BCUT2D eigenvalue weighted by Gasteiger charge is 2.29. The van der Waals surface area contributed by atoms with Crippen LogP contribution in [0.4, 0.5) is 5.69 Å². The first-order valence-electron chi connectivity index (χ1n) is 5.65. The molecule has 7 nitrogen and oxygen atoms in total. The van der Waals surface area contributed by atoms with Gasteiger partial charge in [0.1, 0.15) is 5.69 Å². The highest BCUT2D eigenvalue weighted by atomic mass is 16.6. The molecule has 0 aliphatic heterocycles. The largest absolute Gasteiger partial charge is 0.336 e. The second kappa shape index (κ2) is 4.25. The van der Waals surface area contributed by atoms with Gasteiger partial charge in [0, 0.05) is 19.2 Å². The zero-order valence-electron chi connectivity index (χ0n) is 10.8. The van der Waals surface area contributed by atoms with Gasteiger partial charge in [0.05, 0.1) is 10.6 Å². The average molecular weight is 249 g/mol. The van der Waals surface area contributed by atoms with E-state index in [9.17, 15) is 10.1 Å². The summed E-state index contributed by atoms with van der Waals surface area (Å²) in [5.41, 5.74) is 1.30. The molecule has 0 radical (unpaired) electrons. The maximum absolute atomic E-state index is 11.3. The summed E-state index contributed by atoms with van der Waals surface area (Å²) >= 11 is 0. The number of nitro groups is 1. The molecule has 0 unspecified atom stereocenters. The third-order valence-electron chi connectivity index (χ3n) is 2.69. The molecule has 0 aliphatic carbocycles. The Hall–Kier alpha value is -2.18. The zero-order chi connectivity index (χ0) is 13.4. The van der Waals surface area contributed by atoms with Crippen molar-refractivity contribution in [2.45, 2.75) is 26.7 Å². The number of aromatic nitrogens is 4. The van der Waals surface area contributed by atoms with Crippen LogP contribution >= 0.6 is 0 Å². The minimum Gasteiger partial charge on any atom is -0.258 e. The van der Waals surface area contributed by atoms with Crippen LogP contribution in [0.2, 0.25) is 0 Å². The Kier molecular flexibility index (Phi) is 2.90. The van der Waals surface area contributed by atoms with Crippen molar-refractivity contribution < 1.29 is 4.92 Å². The van der Waals surface area contributed by atoms with Crippen molar-refractivity contribution in [1.82, 2.24) is 19.6 Å². The van der Waals surface area contributed by atoms with Crippen LogP contribution in [-0.4, -0.2) is 24.5 Å². The molecule has 2 heterocycles. The maximum Gasteiger partial charge on any atom is 0.336 e. The molecule has 0 bridgehead atoms. The quantitative estimate of drug-likeness (QED) is 0.615. The molecule has 0 fully saturated rings. The van der Waals surface area contributed by atoms with Crippen molar-refractivity contribution >= 4 is 5.69 Å². The predicted molar refractivity (Wildman–Crippen MR) is 65.8 cm³/mol. The number of aryl methyl sites for hydroxylation is 2. The van der Waals surface area contributed by atoms with Gasteiger partial charge < -0.3 is 0 Å². The summed E-state index contributed by atoms with van der Waals surface area (Å²) in [5.74, 6) is 0.374. The fourth-order valence-corrected chi connectivity index (χ4v) is 1.88. The van der Waals surface area contributed by atoms with Crippen LogP contribution in [0.15, 0.2) is 12.3 Å². The first-order chi connectivity index (χ1) is 8.41. The van der Waals surface area contributed by atoms with Crippen molar-refractivity contribution in [1.29, 1.82) is 0 Å². The number of nitrogens with zero attached hydrogens (tertiary/aromatic N) is 5. The molecule has 2 aromatic rings. The summed E-state index contributed by atoms with van der Waals surface area (Å²) in [5, 5.41) is 19.7. The smallest absolute Gasteiger partial charge is 0.258 e. The van der Waals surface area contributed by atoms with Crippen LogP contribution in [0.5, 0.6) is 0 Å². The normalized spacial score (nSPS) is 11.2. The topological polar surface area (TPSA) is 78.8 Å². The van der Waals surface area contributed by atoms with Gasteiger partial charge >= 0.3 is 5.69 Å². The lowest BCUT2D eigenvalue weighted by Crippen LogP contribution is -2.06.